The maximum absolute atomic E-state index is 12.8. The zero-order valence-corrected chi connectivity index (χ0v) is 16.9. The molecule has 4 rings (SSSR count). The maximum Gasteiger partial charge on any atom is 0.255 e. The van der Waals surface area contributed by atoms with Crippen molar-refractivity contribution in [3.05, 3.63) is 58.9 Å². The predicted molar refractivity (Wildman–Crippen MR) is 116 cm³/mol. The molecule has 2 amide bonds. The fourth-order valence-electron chi connectivity index (χ4n) is 3.44. The van der Waals surface area contributed by atoms with Crippen LogP contribution in [-0.4, -0.2) is 34.4 Å². The van der Waals surface area contributed by atoms with E-state index < -0.39 is 0 Å². The Morgan fingerprint density at radius 1 is 1.27 bits per heavy atom. The Kier molecular flexibility index (Phi) is 5.67. The first-order valence-corrected chi connectivity index (χ1v) is 9.97. The summed E-state index contributed by atoms with van der Waals surface area (Å²) in [6.45, 7) is 0.822. The molecule has 1 aliphatic heterocycles. The molecule has 0 saturated carbocycles. The molecule has 3 heterocycles. The van der Waals surface area contributed by atoms with E-state index in [0.717, 1.165) is 22.8 Å². The van der Waals surface area contributed by atoms with E-state index in [1.54, 1.807) is 12.3 Å². The monoisotopic (exact) mass is 424 g/mol. The van der Waals surface area contributed by atoms with Crippen LogP contribution in [0.5, 0.6) is 0 Å². The van der Waals surface area contributed by atoms with Gasteiger partial charge in [-0.05, 0) is 35.6 Å². The minimum atomic E-state index is -0.294. The number of aromatic nitrogens is 2. The fraction of sp³-hybridized carbons (Fsp3) is 0.238. The number of anilines is 2. The van der Waals surface area contributed by atoms with Gasteiger partial charge < -0.3 is 21.7 Å². The summed E-state index contributed by atoms with van der Waals surface area (Å²) in [5, 5.41) is 11.1. The van der Waals surface area contributed by atoms with Crippen LogP contribution in [0.2, 0.25) is 5.02 Å². The van der Waals surface area contributed by atoms with Gasteiger partial charge in [-0.25, -0.2) is 9.97 Å². The van der Waals surface area contributed by atoms with Crippen molar-refractivity contribution in [3.8, 4) is 0 Å². The topological polar surface area (TPSA) is 122 Å². The molecule has 9 heteroatoms. The second-order valence-electron chi connectivity index (χ2n) is 7.17. The van der Waals surface area contributed by atoms with Crippen molar-refractivity contribution in [1.29, 1.82) is 0 Å². The molecule has 1 saturated heterocycles. The first-order chi connectivity index (χ1) is 14.5. The largest absolute Gasteiger partial charge is 0.383 e. The normalized spacial score (nSPS) is 15.8. The molecule has 3 aromatic rings. The maximum atomic E-state index is 12.8. The Morgan fingerprint density at radius 2 is 2.13 bits per heavy atom. The number of carbonyl (C=O) groups excluding carboxylic acids is 2. The Labute approximate surface area is 178 Å². The van der Waals surface area contributed by atoms with E-state index in [-0.39, 0.29) is 17.9 Å². The minimum Gasteiger partial charge on any atom is -0.383 e. The Balaban J connectivity index is 1.45. The number of nitrogens with two attached hydrogens (primary N) is 1. The van der Waals surface area contributed by atoms with Crippen molar-refractivity contribution in [2.75, 3.05) is 17.6 Å². The summed E-state index contributed by atoms with van der Waals surface area (Å²) in [7, 11) is 0. The molecule has 0 radical (unpaired) electrons. The van der Waals surface area contributed by atoms with Crippen LogP contribution in [0.1, 0.15) is 28.8 Å². The molecule has 1 aromatic carbocycles. The predicted octanol–water partition coefficient (Wildman–Crippen LogP) is 2.49. The van der Waals surface area contributed by atoms with Crippen molar-refractivity contribution in [2.45, 2.75) is 25.4 Å². The van der Waals surface area contributed by atoms with Gasteiger partial charge in [0.2, 0.25) is 5.91 Å². The van der Waals surface area contributed by atoms with Gasteiger partial charge in [0.15, 0.2) is 0 Å². The number of pyridine rings is 2. The van der Waals surface area contributed by atoms with Crippen LogP contribution in [-0.2, 0) is 11.3 Å². The molecule has 1 aliphatic rings. The number of nitrogen functional groups attached to an aromatic ring is 1. The van der Waals surface area contributed by atoms with Gasteiger partial charge in [0.1, 0.15) is 11.6 Å². The lowest BCUT2D eigenvalue weighted by Gasteiger charge is -2.15. The molecule has 154 valence electrons. The number of halogens is 1. The van der Waals surface area contributed by atoms with Crippen molar-refractivity contribution in [2.24, 2.45) is 0 Å². The molecule has 0 spiro atoms. The van der Waals surface area contributed by atoms with Gasteiger partial charge in [-0.15, -0.1) is 0 Å². The van der Waals surface area contributed by atoms with E-state index in [1.807, 2.05) is 24.3 Å². The Hall–Kier alpha value is -3.39. The molecule has 0 bridgehead atoms. The van der Waals surface area contributed by atoms with Crippen LogP contribution in [0.15, 0.2) is 42.7 Å². The quantitative estimate of drug-likeness (QED) is 0.482. The van der Waals surface area contributed by atoms with Crippen molar-refractivity contribution in [3.63, 3.8) is 0 Å². The first-order valence-electron chi connectivity index (χ1n) is 9.59. The molecule has 2 aromatic heterocycles. The molecule has 8 nitrogen and oxygen atoms in total. The first kappa shape index (κ1) is 19.9. The van der Waals surface area contributed by atoms with Crippen LogP contribution in [0.3, 0.4) is 0 Å². The molecule has 30 heavy (non-hydrogen) atoms. The third-order valence-corrected chi connectivity index (χ3v) is 5.22. The van der Waals surface area contributed by atoms with Crippen LogP contribution in [0.4, 0.5) is 11.6 Å². The summed E-state index contributed by atoms with van der Waals surface area (Å²) in [6, 6.07) is 9.23. The highest BCUT2D eigenvalue weighted by Crippen LogP contribution is 2.21. The molecular weight excluding hydrogens is 404 g/mol. The number of carbonyl (C=O) groups is 2. The van der Waals surface area contributed by atoms with Crippen LogP contribution in [0, 0.1) is 0 Å². The summed E-state index contributed by atoms with van der Waals surface area (Å²) < 4.78 is 0. The van der Waals surface area contributed by atoms with Crippen molar-refractivity contribution < 1.29 is 9.59 Å². The minimum absolute atomic E-state index is 0.0189. The van der Waals surface area contributed by atoms with E-state index in [2.05, 4.69) is 25.9 Å². The zero-order chi connectivity index (χ0) is 21.1. The van der Waals surface area contributed by atoms with E-state index in [4.69, 9.17) is 17.3 Å². The van der Waals surface area contributed by atoms with Gasteiger partial charge in [-0.3, -0.25) is 9.59 Å². The lowest BCUT2D eigenvalue weighted by Crippen LogP contribution is -2.32. The lowest BCUT2D eigenvalue weighted by molar-refractivity contribution is -0.119. The number of nitrogens with one attached hydrogen (secondary N) is 3. The Bertz CT molecular complexity index is 1120. The van der Waals surface area contributed by atoms with E-state index in [9.17, 15) is 9.59 Å². The van der Waals surface area contributed by atoms with Crippen molar-refractivity contribution >= 4 is 45.8 Å². The summed E-state index contributed by atoms with van der Waals surface area (Å²) in [4.78, 5) is 32.5. The number of hydrogen-bond acceptors (Lipinski definition) is 6. The number of benzene rings is 1. The number of amides is 2. The van der Waals surface area contributed by atoms with Gasteiger partial charge in [0.25, 0.3) is 5.91 Å². The number of nitrogens with zero attached hydrogens (tertiary/aromatic N) is 2. The van der Waals surface area contributed by atoms with Crippen LogP contribution < -0.4 is 21.7 Å². The van der Waals surface area contributed by atoms with E-state index in [0.29, 0.717) is 41.7 Å². The van der Waals surface area contributed by atoms with Gasteiger partial charge in [0, 0.05) is 43.3 Å². The highest BCUT2D eigenvalue weighted by atomic mass is 35.5. The zero-order valence-electron chi connectivity index (χ0n) is 16.1. The summed E-state index contributed by atoms with van der Waals surface area (Å²) in [5.41, 5.74) is 7.16. The van der Waals surface area contributed by atoms with Gasteiger partial charge >= 0.3 is 0 Å². The third kappa shape index (κ3) is 4.44. The lowest BCUT2D eigenvalue weighted by atomic mass is 10.1. The number of rotatable bonds is 6. The molecule has 5 N–H and O–H groups in total. The SMILES string of the molecule is Nc1nccc2cc(CNC(=O)c3cc(Cl)cnc3NCC3CCC(=O)N3)ccc12. The third-order valence-electron chi connectivity index (χ3n) is 5.01. The summed E-state index contributed by atoms with van der Waals surface area (Å²) in [5.74, 6) is 0.645. The summed E-state index contributed by atoms with van der Waals surface area (Å²) >= 11 is 6.06. The molecular formula is C21H21ClN6O2. The second kappa shape index (κ2) is 8.54. The highest BCUT2D eigenvalue weighted by Gasteiger charge is 2.21. The molecule has 0 aliphatic carbocycles. The molecule has 1 atom stereocenters. The van der Waals surface area contributed by atoms with Crippen LogP contribution >= 0.6 is 11.6 Å². The highest BCUT2D eigenvalue weighted by molar-refractivity contribution is 6.31. The van der Waals surface area contributed by atoms with Gasteiger partial charge in [0.05, 0.1) is 10.6 Å². The Morgan fingerprint density at radius 3 is 2.93 bits per heavy atom. The standard InChI is InChI=1S/C21H21ClN6O2/c22-14-8-17(20(25-10-14)26-11-15-2-4-18(29)28-15)21(30)27-9-12-1-3-16-13(7-12)5-6-24-19(16)23/h1,3,5-8,10,15H,2,4,9,11H2,(H2,23,24)(H,25,26)(H,27,30)(H,28,29). The van der Waals surface area contributed by atoms with E-state index >= 15 is 0 Å². The van der Waals surface area contributed by atoms with Crippen molar-refractivity contribution in [1.82, 2.24) is 20.6 Å². The average molecular weight is 425 g/mol. The molecule has 1 fully saturated rings. The van der Waals surface area contributed by atoms with E-state index in [1.165, 1.54) is 6.20 Å². The summed E-state index contributed by atoms with van der Waals surface area (Å²) in [6.07, 6.45) is 4.40. The van der Waals surface area contributed by atoms with Crippen LogP contribution in [0.25, 0.3) is 10.8 Å². The smallest absolute Gasteiger partial charge is 0.255 e. The average Bonchev–Trinajstić information content (AvgIpc) is 3.16. The second-order valence-corrected chi connectivity index (χ2v) is 7.60. The number of hydrogen-bond donors (Lipinski definition) is 4. The number of fused-ring (bicyclic) bond motifs is 1. The van der Waals surface area contributed by atoms with Gasteiger partial charge in [-0.2, -0.15) is 0 Å². The van der Waals surface area contributed by atoms with Gasteiger partial charge in [-0.1, -0.05) is 23.7 Å². The molecule has 1 unspecified atom stereocenters. The fourth-order valence-corrected chi connectivity index (χ4v) is 3.60.